The van der Waals surface area contributed by atoms with Crippen LogP contribution < -0.4 is 5.56 Å². The molecule has 138 valence electrons. The third-order valence-corrected chi connectivity index (χ3v) is 5.79. The highest BCUT2D eigenvalue weighted by atomic mass is 32.2. The van der Waals surface area contributed by atoms with Crippen LogP contribution in [-0.2, 0) is 6.42 Å². The summed E-state index contributed by atoms with van der Waals surface area (Å²) >= 11 is 1.36. The van der Waals surface area contributed by atoms with Crippen LogP contribution in [-0.4, -0.2) is 21.1 Å². The molecule has 0 spiro atoms. The Hall–Kier alpha value is -2.40. The van der Waals surface area contributed by atoms with Gasteiger partial charge in [0.15, 0.2) is 10.9 Å². The molecule has 0 bridgehead atoms. The fraction of sp³-hybridized carbons (Fsp3) is 0.318. The SMILES string of the molecule is CCCc1ccc(C(=O)CSc2nc3ccccc3c(=O)n2C2CC2)cc1. The number of rotatable bonds is 7. The number of aryl methyl sites for hydroxylation is 1. The molecule has 1 aliphatic carbocycles. The van der Waals surface area contributed by atoms with Gasteiger partial charge in [0.05, 0.1) is 16.7 Å². The summed E-state index contributed by atoms with van der Waals surface area (Å²) in [4.78, 5) is 30.1. The van der Waals surface area contributed by atoms with E-state index in [2.05, 4.69) is 11.9 Å². The van der Waals surface area contributed by atoms with Crippen LogP contribution >= 0.6 is 11.8 Å². The van der Waals surface area contributed by atoms with Gasteiger partial charge in [0.25, 0.3) is 5.56 Å². The molecule has 0 unspecified atom stereocenters. The molecule has 5 heteroatoms. The number of benzene rings is 2. The van der Waals surface area contributed by atoms with Gasteiger partial charge in [-0.15, -0.1) is 0 Å². The third kappa shape index (κ3) is 3.83. The number of carbonyl (C=O) groups is 1. The molecule has 0 radical (unpaired) electrons. The predicted octanol–water partition coefficient (Wildman–Crippen LogP) is 4.66. The molecule has 0 N–H and O–H groups in total. The lowest BCUT2D eigenvalue weighted by Gasteiger charge is -2.12. The van der Waals surface area contributed by atoms with Gasteiger partial charge in [-0.2, -0.15) is 0 Å². The van der Waals surface area contributed by atoms with Gasteiger partial charge < -0.3 is 0 Å². The van der Waals surface area contributed by atoms with Crippen molar-refractivity contribution in [3.05, 3.63) is 70.0 Å². The smallest absolute Gasteiger partial charge is 0.262 e. The summed E-state index contributed by atoms with van der Waals surface area (Å²) in [5.41, 5.74) is 2.66. The number of fused-ring (bicyclic) bond motifs is 1. The first-order chi connectivity index (χ1) is 13.2. The van der Waals surface area contributed by atoms with E-state index < -0.39 is 0 Å². The number of carbonyl (C=O) groups excluding carboxylic acids is 1. The molecule has 1 aromatic heterocycles. The number of hydrogen-bond acceptors (Lipinski definition) is 4. The molecular weight excluding hydrogens is 356 g/mol. The maximum atomic E-state index is 12.9. The molecule has 4 nitrogen and oxygen atoms in total. The van der Waals surface area contributed by atoms with Gasteiger partial charge in [-0.1, -0.05) is 61.5 Å². The molecule has 1 aliphatic rings. The molecule has 0 amide bonds. The van der Waals surface area contributed by atoms with Gasteiger partial charge >= 0.3 is 0 Å². The van der Waals surface area contributed by atoms with Gasteiger partial charge in [0, 0.05) is 11.6 Å². The van der Waals surface area contributed by atoms with Crippen molar-refractivity contribution in [2.75, 3.05) is 5.75 Å². The van der Waals surface area contributed by atoms with Crippen molar-refractivity contribution >= 4 is 28.4 Å². The first kappa shape index (κ1) is 18.0. The second-order valence-corrected chi connectivity index (χ2v) is 7.92. The monoisotopic (exact) mass is 378 g/mol. The topological polar surface area (TPSA) is 52.0 Å². The van der Waals surface area contributed by atoms with Gasteiger partial charge in [0.2, 0.25) is 0 Å². The van der Waals surface area contributed by atoms with Crippen molar-refractivity contribution in [3.63, 3.8) is 0 Å². The quantitative estimate of drug-likeness (QED) is 0.341. The average Bonchev–Trinajstić information content (AvgIpc) is 3.52. The molecule has 1 fully saturated rings. The number of nitrogens with zero attached hydrogens (tertiary/aromatic N) is 2. The summed E-state index contributed by atoms with van der Waals surface area (Å²) < 4.78 is 1.78. The summed E-state index contributed by atoms with van der Waals surface area (Å²) in [5, 5.41) is 1.30. The Balaban J connectivity index is 1.57. The minimum atomic E-state index is 0.00182. The van der Waals surface area contributed by atoms with Crippen molar-refractivity contribution in [2.45, 2.75) is 43.8 Å². The summed E-state index contributed by atoms with van der Waals surface area (Å²) in [5.74, 6) is 0.345. The molecule has 1 saturated carbocycles. The molecule has 27 heavy (non-hydrogen) atoms. The Labute approximate surface area is 162 Å². The zero-order valence-corrected chi connectivity index (χ0v) is 16.2. The van der Waals surface area contributed by atoms with Gasteiger partial charge in [0.1, 0.15) is 0 Å². The fourth-order valence-electron chi connectivity index (χ4n) is 3.24. The summed E-state index contributed by atoms with van der Waals surface area (Å²) in [6.45, 7) is 2.14. The lowest BCUT2D eigenvalue weighted by Crippen LogP contribution is -2.22. The van der Waals surface area contributed by atoms with Crippen LogP contribution in [0.1, 0.15) is 48.1 Å². The second kappa shape index (κ2) is 7.69. The van der Waals surface area contributed by atoms with Crippen molar-refractivity contribution in [3.8, 4) is 0 Å². The van der Waals surface area contributed by atoms with E-state index >= 15 is 0 Å². The number of ketones is 1. The highest BCUT2D eigenvalue weighted by molar-refractivity contribution is 7.99. The largest absolute Gasteiger partial charge is 0.293 e. The highest BCUT2D eigenvalue weighted by Crippen LogP contribution is 2.36. The number of aromatic nitrogens is 2. The Kier molecular flexibility index (Phi) is 5.12. The standard InChI is InChI=1S/C22H22N2O2S/c1-2-5-15-8-10-16(11-9-15)20(25)14-27-22-23-19-7-4-3-6-18(19)21(26)24(22)17-12-13-17/h3-4,6-11,17H,2,5,12-14H2,1H3. The summed E-state index contributed by atoms with van der Waals surface area (Å²) in [6.07, 6.45) is 4.12. The third-order valence-electron chi connectivity index (χ3n) is 4.83. The molecule has 0 saturated heterocycles. The molecule has 4 rings (SSSR count). The minimum Gasteiger partial charge on any atom is -0.293 e. The first-order valence-corrected chi connectivity index (χ1v) is 10.4. The van der Waals surface area contributed by atoms with E-state index in [1.54, 1.807) is 4.57 Å². The van der Waals surface area contributed by atoms with Gasteiger partial charge in [-0.25, -0.2) is 4.98 Å². The van der Waals surface area contributed by atoms with Crippen molar-refractivity contribution in [1.82, 2.24) is 9.55 Å². The van der Waals surface area contributed by atoms with Crippen LogP contribution in [0.25, 0.3) is 10.9 Å². The van der Waals surface area contributed by atoms with E-state index in [-0.39, 0.29) is 23.1 Å². The Bertz CT molecular complexity index is 1040. The van der Waals surface area contributed by atoms with Gasteiger partial charge in [-0.3, -0.25) is 14.2 Å². The highest BCUT2D eigenvalue weighted by Gasteiger charge is 2.28. The van der Waals surface area contributed by atoms with Crippen LogP contribution in [0.15, 0.2) is 58.5 Å². The molecule has 0 atom stereocenters. The fourth-order valence-corrected chi connectivity index (χ4v) is 4.20. The normalized spacial score (nSPS) is 13.8. The van der Waals surface area contributed by atoms with Gasteiger partial charge in [-0.05, 0) is 37.0 Å². The second-order valence-electron chi connectivity index (χ2n) is 6.98. The number of para-hydroxylation sites is 1. The first-order valence-electron chi connectivity index (χ1n) is 9.43. The van der Waals surface area contributed by atoms with Crippen LogP contribution in [0, 0.1) is 0 Å². The lowest BCUT2D eigenvalue weighted by atomic mass is 10.1. The van der Waals surface area contributed by atoms with E-state index in [0.717, 1.165) is 25.7 Å². The molecule has 2 aromatic carbocycles. The Morgan fingerprint density at radius 3 is 2.59 bits per heavy atom. The maximum Gasteiger partial charge on any atom is 0.262 e. The van der Waals surface area contributed by atoms with Crippen LogP contribution in [0.3, 0.4) is 0 Å². The Morgan fingerprint density at radius 1 is 1.15 bits per heavy atom. The molecule has 3 aromatic rings. The van der Waals surface area contributed by atoms with E-state index in [0.29, 0.717) is 21.6 Å². The van der Waals surface area contributed by atoms with Crippen molar-refractivity contribution < 1.29 is 4.79 Å². The summed E-state index contributed by atoms with van der Waals surface area (Å²) in [6, 6.07) is 15.5. The minimum absolute atomic E-state index is 0.00182. The summed E-state index contributed by atoms with van der Waals surface area (Å²) in [7, 11) is 0. The predicted molar refractivity (Wildman–Crippen MR) is 110 cm³/mol. The van der Waals surface area contributed by atoms with E-state index in [9.17, 15) is 9.59 Å². The van der Waals surface area contributed by atoms with E-state index in [4.69, 9.17) is 0 Å². The van der Waals surface area contributed by atoms with Crippen LogP contribution in [0.4, 0.5) is 0 Å². The number of hydrogen-bond donors (Lipinski definition) is 0. The number of Topliss-reactive ketones (excluding diaryl/α,β-unsaturated/α-hetero) is 1. The molecular formula is C22H22N2O2S. The maximum absolute atomic E-state index is 12.9. The van der Waals surface area contributed by atoms with Crippen LogP contribution in [0.2, 0.25) is 0 Å². The zero-order valence-electron chi connectivity index (χ0n) is 15.4. The average molecular weight is 378 g/mol. The Morgan fingerprint density at radius 2 is 1.89 bits per heavy atom. The zero-order chi connectivity index (χ0) is 18.8. The van der Waals surface area contributed by atoms with Crippen molar-refractivity contribution in [1.29, 1.82) is 0 Å². The van der Waals surface area contributed by atoms with E-state index in [1.165, 1.54) is 17.3 Å². The molecule has 0 aliphatic heterocycles. The van der Waals surface area contributed by atoms with Crippen molar-refractivity contribution in [2.24, 2.45) is 0 Å². The van der Waals surface area contributed by atoms with Crippen LogP contribution in [0.5, 0.6) is 0 Å². The molecule has 1 heterocycles. The lowest BCUT2D eigenvalue weighted by molar-refractivity contribution is 0.102. The number of thioether (sulfide) groups is 1. The van der Waals surface area contributed by atoms with E-state index in [1.807, 2.05) is 48.5 Å².